The van der Waals surface area contributed by atoms with Crippen LogP contribution in [0.25, 0.3) is 0 Å². The van der Waals surface area contributed by atoms with Crippen LogP contribution in [0.1, 0.15) is 28.8 Å². The molecule has 21 heavy (non-hydrogen) atoms. The number of carbonyl (C=O) groups is 1. The molecule has 2 aromatic rings. The minimum absolute atomic E-state index is 0.153. The number of hydrogen-bond donors (Lipinski definition) is 2. The van der Waals surface area contributed by atoms with Crippen LogP contribution in [-0.2, 0) is 6.54 Å². The second-order valence-electron chi connectivity index (χ2n) is 5.22. The standard InChI is InChI=1S/C15H16N4O2/c16-15(21)11-3-1-10(2-4-11)9-19-14(20)7-13(8-17-19)18-12-5-6-12/h1-4,7-8,12,18H,5-6,9H2,(H2,16,21). The van der Waals surface area contributed by atoms with Gasteiger partial charge in [0.25, 0.3) is 5.56 Å². The van der Waals surface area contributed by atoms with Gasteiger partial charge in [-0.1, -0.05) is 12.1 Å². The second kappa shape index (κ2) is 5.40. The zero-order valence-electron chi connectivity index (χ0n) is 11.5. The Morgan fingerprint density at radius 3 is 2.62 bits per heavy atom. The molecule has 0 spiro atoms. The number of primary amides is 1. The van der Waals surface area contributed by atoms with Crippen LogP contribution < -0.4 is 16.6 Å². The summed E-state index contributed by atoms with van der Waals surface area (Å²) in [6.45, 7) is 0.363. The Balaban J connectivity index is 1.74. The number of nitrogens with two attached hydrogens (primary N) is 1. The van der Waals surface area contributed by atoms with E-state index in [4.69, 9.17) is 5.73 Å². The summed E-state index contributed by atoms with van der Waals surface area (Å²) in [5.41, 5.74) is 7.14. The predicted octanol–water partition coefficient (Wildman–Crippen LogP) is 0.965. The largest absolute Gasteiger partial charge is 0.381 e. The zero-order chi connectivity index (χ0) is 14.8. The van der Waals surface area contributed by atoms with Crippen molar-refractivity contribution in [3.63, 3.8) is 0 Å². The fourth-order valence-corrected chi connectivity index (χ4v) is 2.04. The van der Waals surface area contributed by atoms with Crippen LogP contribution >= 0.6 is 0 Å². The molecular formula is C15H16N4O2. The third kappa shape index (κ3) is 3.28. The van der Waals surface area contributed by atoms with Crippen LogP contribution in [0.5, 0.6) is 0 Å². The zero-order valence-corrected chi connectivity index (χ0v) is 11.5. The molecule has 1 saturated carbocycles. The van der Waals surface area contributed by atoms with Crippen molar-refractivity contribution in [2.24, 2.45) is 5.73 Å². The van der Waals surface area contributed by atoms with Crippen LogP contribution in [0.3, 0.4) is 0 Å². The minimum atomic E-state index is -0.465. The maximum absolute atomic E-state index is 12.0. The molecule has 108 valence electrons. The van der Waals surface area contributed by atoms with Gasteiger partial charge in [-0.3, -0.25) is 9.59 Å². The minimum Gasteiger partial charge on any atom is -0.381 e. The first-order valence-corrected chi connectivity index (χ1v) is 6.84. The van der Waals surface area contributed by atoms with Crippen molar-refractivity contribution in [1.82, 2.24) is 9.78 Å². The number of amides is 1. The third-order valence-corrected chi connectivity index (χ3v) is 3.39. The number of carbonyl (C=O) groups excluding carboxylic acids is 1. The predicted molar refractivity (Wildman–Crippen MR) is 79.2 cm³/mol. The monoisotopic (exact) mass is 284 g/mol. The highest BCUT2D eigenvalue weighted by Gasteiger charge is 2.21. The van der Waals surface area contributed by atoms with Crippen molar-refractivity contribution in [3.8, 4) is 0 Å². The molecule has 0 aliphatic heterocycles. The van der Waals surface area contributed by atoms with E-state index in [1.165, 1.54) is 4.68 Å². The first-order chi connectivity index (χ1) is 10.1. The summed E-state index contributed by atoms with van der Waals surface area (Å²) >= 11 is 0. The fraction of sp³-hybridized carbons (Fsp3) is 0.267. The fourth-order valence-electron chi connectivity index (χ4n) is 2.04. The summed E-state index contributed by atoms with van der Waals surface area (Å²) in [7, 11) is 0. The van der Waals surface area contributed by atoms with E-state index in [0.29, 0.717) is 18.2 Å². The first-order valence-electron chi connectivity index (χ1n) is 6.84. The number of nitrogens with one attached hydrogen (secondary N) is 1. The molecule has 0 saturated heterocycles. The number of anilines is 1. The molecule has 3 N–H and O–H groups in total. The Labute approximate surface area is 121 Å². The SMILES string of the molecule is NC(=O)c1ccc(Cn2ncc(NC3CC3)cc2=O)cc1. The van der Waals surface area contributed by atoms with Crippen LogP contribution in [0.15, 0.2) is 41.3 Å². The molecule has 0 radical (unpaired) electrons. The van der Waals surface area contributed by atoms with E-state index in [0.717, 1.165) is 24.1 Å². The van der Waals surface area contributed by atoms with Gasteiger partial charge in [0, 0.05) is 17.7 Å². The lowest BCUT2D eigenvalue weighted by Gasteiger charge is -2.07. The Bertz CT molecular complexity index is 717. The van der Waals surface area contributed by atoms with Gasteiger partial charge in [-0.05, 0) is 30.5 Å². The lowest BCUT2D eigenvalue weighted by Crippen LogP contribution is -2.23. The molecule has 6 heteroatoms. The molecule has 1 aromatic heterocycles. The topological polar surface area (TPSA) is 90.0 Å². The summed E-state index contributed by atoms with van der Waals surface area (Å²) in [4.78, 5) is 23.0. The van der Waals surface area contributed by atoms with E-state index in [1.807, 2.05) is 0 Å². The Kier molecular flexibility index (Phi) is 3.43. The van der Waals surface area contributed by atoms with Gasteiger partial charge < -0.3 is 11.1 Å². The molecular weight excluding hydrogens is 268 g/mol. The molecule has 1 amide bonds. The van der Waals surface area contributed by atoms with Crippen LogP contribution in [-0.4, -0.2) is 21.7 Å². The van der Waals surface area contributed by atoms with E-state index in [9.17, 15) is 9.59 Å². The highest BCUT2D eigenvalue weighted by atomic mass is 16.1. The van der Waals surface area contributed by atoms with Crippen LogP contribution in [0.4, 0.5) is 5.69 Å². The molecule has 3 rings (SSSR count). The molecule has 1 aromatic carbocycles. The maximum atomic E-state index is 12.0. The first kappa shape index (κ1) is 13.4. The van der Waals surface area contributed by atoms with Crippen molar-refractivity contribution in [2.75, 3.05) is 5.32 Å². The van der Waals surface area contributed by atoms with Gasteiger partial charge in [-0.2, -0.15) is 5.10 Å². The van der Waals surface area contributed by atoms with Gasteiger partial charge in [0.1, 0.15) is 0 Å². The molecule has 1 heterocycles. The van der Waals surface area contributed by atoms with Gasteiger partial charge in [0.15, 0.2) is 0 Å². The summed E-state index contributed by atoms with van der Waals surface area (Å²) in [5, 5.41) is 7.40. The van der Waals surface area contributed by atoms with Gasteiger partial charge >= 0.3 is 0 Å². The van der Waals surface area contributed by atoms with Crippen molar-refractivity contribution < 1.29 is 4.79 Å². The van der Waals surface area contributed by atoms with E-state index < -0.39 is 5.91 Å². The molecule has 6 nitrogen and oxygen atoms in total. The highest BCUT2D eigenvalue weighted by Crippen LogP contribution is 2.23. The second-order valence-corrected chi connectivity index (χ2v) is 5.22. The van der Waals surface area contributed by atoms with Crippen molar-refractivity contribution >= 4 is 11.6 Å². The number of nitrogens with zero attached hydrogens (tertiary/aromatic N) is 2. The number of rotatable bonds is 5. The van der Waals surface area contributed by atoms with E-state index in [1.54, 1.807) is 36.5 Å². The summed E-state index contributed by atoms with van der Waals surface area (Å²) in [6, 6.07) is 8.87. The molecule has 0 atom stereocenters. The average molecular weight is 284 g/mol. The summed E-state index contributed by atoms with van der Waals surface area (Å²) in [6.07, 6.45) is 3.96. The summed E-state index contributed by atoms with van der Waals surface area (Å²) in [5.74, 6) is -0.465. The van der Waals surface area contributed by atoms with Crippen molar-refractivity contribution in [3.05, 3.63) is 58.0 Å². The third-order valence-electron chi connectivity index (χ3n) is 3.39. The lowest BCUT2D eigenvalue weighted by molar-refractivity contribution is 0.100. The smallest absolute Gasteiger partial charge is 0.269 e. The number of hydrogen-bond acceptors (Lipinski definition) is 4. The number of aromatic nitrogens is 2. The maximum Gasteiger partial charge on any atom is 0.269 e. The van der Waals surface area contributed by atoms with Crippen LogP contribution in [0, 0.1) is 0 Å². The molecule has 1 aliphatic carbocycles. The van der Waals surface area contributed by atoms with E-state index in [2.05, 4.69) is 10.4 Å². The van der Waals surface area contributed by atoms with E-state index in [-0.39, 0.29) is 5.56 Å². The lowest BCUT2D eigenvalue weighted by atomic mass is 10.1. The highest BCUT2D eigenvalue weighted by molar-refractivity contribution is 5.92. The van der Waals surface area contributed by atoms with Gasteiger partial charge in [0.2, 0.25) is 5.91 Å². The summed E-state index contributed by atoms with van der Waals surface area (Å²) < 4.78 is 1.39. The Morgan fingerprint density at radius 1 is 1.33 bits per heavy atom. The molecule has 0 bridgehead atoms. The van der Waals surface area contributed by atoms with Crippen molar-refractivity contribution in [2.45, 2.75) is 25.4 Å². The molecule has 1 aliphatic rings. The van der Waals surface area contributed by atoms with Crippen molar-refractivity contribution in [1.29, 1.82) is 0 Å². The Hall–Kier alpha value is -2.63. The quantitative estimate of drug-likeness (QED) is 0.856. The normalized spacial score (nSPS) is 13.9. The van der Waals surface area contributed by atoms with Crippen LogP contribution in [0.2, 0.25) is 0 Å². The van der Waals surface area contributed by atoms with Gasteiger partial charge in [-0.25, -0.2) is 4.68 Å². The van der Waals surface area contributed by atoms with E-state index >= 15 is 0 Å². The average Bonchev–Trinajstić information content (AvgIpc) is 3.26. The molecule has 1 fully saturated rings. The number of benzene rings is 1. The Morgan fingerprint density at radius 2 is 2.05 bits per heavy atom. The molecule has 0 unspecified atom stereocenters. The van der Waals surface area contributed by atoms with Gasteiger partial charge in [0.05, 0.1) is 18.4 Å². The van der Waals surface area contributed by atoms with Gasteiger partial charge in [-0.15, -0.1) is 0 Å².